The van der Waals surface area contributed by atoms with Gasteiger partial charge in [0.05, 0.1) is 13.2 Å². The number of carbonyl (C=O) groups is 1. The first-order valence-electron chi connectivity index (χ1n) is 9.79. The molecule has 138 valence electrons. The summed E-state index contributed by atoms with van der Waals surface area (Å²) in [6.07, 6.45) is 8.70. The van der Waals surface area contributed by atoms with Crippen LogP contribution >= 0.6 is 0 Å². The van der Waals surface area contributed by atoms with E-state index in [2.05, 4.69) is 27.2 Å². The molecular formula is C21H27N3O2. The standard InChI is InChI=1S/C21H27N3O2/c1-26-16-12-10-15(11-13-16)19-9-3-2-6-14-24(19)21(25)20-17-7-4-5-8-18(17)22-23-20/h10-13,19H,2-9,14H2,1H3,(H,22,23). The molecule has 4 rings (SSSR count). The van der Waals surface area contributed by atoms with E-state index in [-0.39, 0.29) is 11.9 Å². The molecule has 2 aromatic rings. The number of H-pyrrole nitrogens is 1. The predicted octanol–water partition coefficient (Wildman–Crippen LogP) is 4.05. The van der Waals surface area contributed by atoms with E-state index >= 15 is 0 Å². The number of nitrogens with one attached hydrogen (secondary N) is 1. The van der Waals surface area contributed by atoms with E-state index in [0.29, 0.717) is 5.69 Å². The van der Waals surface area contributed by atoms with Gasteiger partial charge in [-0.25, -0.2) is 0 Å². The van der Waals surface area contributed by atoms with Crippen LogP contribution in [-0.4, -0.2) is 34.7 Å². The average molecular weight is 353 g/mol. The minimum atomic E-state index is 0.0899. The van der Waals surface area contributed by atoms with Crippen LogP contribution in [0.1, 0.15) is 71.9 Å². The molecule has 2 heterocycles. The van der Waals surface area contributed by atoms with Crippen molar-refractivity contribution < 1.29 is 9.53 Å². The third-order valence-corrected chi connectivity index (χ3v) is 5.77. The molecule has 26 heavy (non-hydrogen) atoms. The van der Waals surface area contributed by atoms with Crippen molar-refractivity contribution in [3.05, 3.63) is 46.8 Å². The van der Waals surface area contributed by atoms with Crippen LogP contribution in [-0.2, 0) is 12.8 Å². The Hall–Kier alpha value is -2.30. The number of likely N-dealkylation sites (tertiary alicyclic amines) is 1. The molecule has 1 saturated heterocycles. The molecule has 0 radical (unpaired) electrons. The van der Waals surface area contributed by atoms with Crippen molar-refractivity contribution in [3.63, 3.8) is 0 Å². The maximum atomic E-state index is 13.4. The van der Waals surface area contributed by atoms with E-state index in [1.165, 1.54) is 18.4 Å². The van der Waals surface area contributed by atoms with Crippen LogP contribution in [0, 0.1) is 0 Å². The minimum absolute atomic E-state index is 0.0899. The Labute approximate surface area is 154 Å². The zero-order valence-electron chi connectivity index (χ0n) is 15.5. The molecule has 1 amide bonds. The largest absolute Gasteiger partial charge is 0.497 e. The van der Waals surface area contributed by atoms with Gasteiger partial charge in [-0.1, -0.05) is 25.0 Å². The highest BCUT2D eigenvalue weighted by Crippen LogP contribution is 2.33. The van der Waals surface area contributed by atoms with Gasteiger partial charge in [-0.05, 0) is 56.2 Å². The van der Waals surface area contributed by atoms with Crippen LogP contribution in [0.3, 0.4) is 0 Å². The molecule has 0 spiro atoms. The highest BCUT2D eigenvalue weighted by Gasteiger charge is 2.31. The Morgan fingerprint density at radius 2 is 1.92 bits per heavy atom. The van der Waals surface area contributed by atoms with Crippen LogP contribution in [0.2, 0.25) is 0 Å². The number of amides is 1. The highest BCUT2D eigenvalue weighted by atomic mass is 16.5. The van der Waals surface area contributed by atoms with Gasteiger partial charge in [0.2, 0.25) is 0 Å². The number of rotatable bonds is 3. The van der Waals surface area contributed by atoms with Crippen molar-refractivity contribution in [2.24, 2.45) is 0 Å². The number of nitrogens with zero attached hydrogens (tertiary/aromatic N) is 2. The molecule has 2 aliphatic rings. The Morgan fingerprint density at radius 3 is 2.73 bits per heavy atom. The van der Waals surface area contributed by atoms with Gasteiger partial charge in [-0.2, -0.15) is 5.10 Å². The maximum absolute atomic E-state index is 13.4. The van der Waals surface area contributed by atoms with Crippen LogP contribution in [0.15, 0.2) is 24.3 Å². The van der Waals surface area contributed by atoms with Crippen LogP contribution in [0.5, 0.6) is 5.75 Å². The second-order valence-electron chi connectivity index (χ2n) is 7.37. The number of aromatic nitrogens is 2. The first-order chi connectivity index (χ1) is 12.8. The van der Waals surface area contributed by atoms with Gasteiger partial charge in [0.25, 0.3) is 5.91 Å². The number of benzene rings is 1. The van der Waals surface area contributed by atoms with E-state index in [4.69, 9.17) is 4.74 Å². The summed E-state index contributed by atoms with van der Waals surface area (Å²) in [6, 6.07) is 8.27. The third kappa shape index (κ3) is 3.22. The molecule has 0 bridgehead atoms. The monoisotopic (exact) mass is 353 g/mol. The summed E-state index contributed by atoms with van der Waals surface area (Å²) < 4.78 is 5.28. The van der Waals surface area contributed by atoms with E-state index in [1.54, 1.807) is 7.11 Å². The molecular weight excluding hydrogens is 326 g/mol. The maximum Gasteiger partial charge on any atom is 0.275 e. The SMILES string of the molecule is COc1ccc(C2CCCCCN2C(=O)c2n[nH]c3c2CCCC3)cc1. The summed E-state index contributed by atoms with van der Waals surface area (Å²) in [5, 5.41) is 7.54. The van der Waals surface area contributed by atoms with Gasteiger partial charge in [0.15, 0.2) is 5.69 Å². The fraction of sp³-hybridized carbons (Fsp3) is 0.524. The summed E-state index contributed by atoms with van der Waals surface area (Å²) in [6.45, 7) is 0.803. The zero-order chi connectivity index (χ0) is 17.9. The smallest absolute Gasteiger partial charge is 0.275 e. The second kappa shape index (κ2) is 7.52. The summed E-state index contributed by atoms with van der Waals surface area (Å²) >= 11 is 0. The molecule has 1 unspecified atom stereocenters. The number of hydrogen-bond acceptors (Lipinski definition) is 3. The topological polar surface area (TPSA) is 58.2 Å². The Kier molecular flexibility index (Phi) is 4.96. The van der Waals surface area contributed by atoms with Gasteiger partial charge in [-0.3, -0.25) is 9.89 Å². The van der Waals surface area contributed by atoms with Gasteiger partial charge in [0.1, 0.15) is 5.75 Å². The number of methoxy groups -OCH3 is 1. The quantitative estimate of drug-likeness (QED) is 0.905. The summed E-state index contributed by atoms with van der Waals surface area (Å²) in [4.78, 5) is 15.5. The lowest BCUT2D eigenvalue weighted by molar-refractivity contribution is 0.0673. The Balaban J connectivity index is 1.64. The van der Waals surface area contributed by atoms with E-state index in [9.17, 15) is 4.79 Å². The molecule has 1 atom stereocenters. The molecule has 1 aliphatic carbocycles. The molecule has 1 aromatic carbocycles. The van der Waals surface area contributed by atoms with Crippen LogP contribution in [0.4, 0.5) is 0 Å². The van der Waals surface area contributed by atoms with Crippen molar-refractivity contribution in [3.8, 4) is 5.75 Å². The molecule has 1 fully saturated rings. The molecule has 5 nitrogen and oxygen atoms in total. The van der Waals surface area contributed by atoms with Gasteiger partial charge >= 0.3 is 0 Å². The third-order valence-electron chi connectivity index (χ3n) is 5.77. The second-order valence-corrected chi connectivity index (χ2v) is 7.37. The molecule has 1 N–H and O–H groups in total. The number of aromatic amines is 1. The normalized spacial score (nSPS) is 20.3. The Bertz CT molecular complexity index is 766. The lowest BCUT2D eigenvalue weighted by Gasteiger charge is -2.30. The summed E-state index contributed by atoms with van der Waals surface area (Å²) in [7, 11) is 1.68. The number of aryl methyl sites for hydroxylation is 1. The number of carbonyl (C=O) groups excluding carboxylic acids is 1. The fourth-order valence-corrected chi connectivity index (χ4v) is 4.32. The van der Waals surface area contributed by atoms with Crippen LogP contribution in [0.25, 0.3) is 0 Å². The fourth-order valence-electron chi connectivity index (χ4n) is 4.32. The predicted molar refractivity (Wildman–Crippen MR) is 100 cm³/mol. The average Bonchev–Trinajstić information content (AvgIpc) is 2.97. The molecule has 5 heteroatoms. The van der Waals surface area contributed by atoms with E-state index < -0.39 is 0 Å². The zero-order valence-corrected chi connectivity index (χ0v) is 15.5. The lowest BCUT2D eigenvalue weighted by Crippen LogP contribution is -2.35. The highest BCUT2D eigenvalue weighted by molar-refractivity contribution is 5.94. The lowest BCUT2D eigenvalue weighted by atomic mass is 9.95. The van der Waals surface area contributed by atoms with Crippen molar-refractivity contribution in [2.75, 3.05) is 13.7 Å². The molecule has 1 aromatic heterocycles. The number of ether oxygens (including phenoxy) is 1. The molecule has 0 saturated carbocycles. The van der Waals surface area contributed by atoms with E-state index in [0.717, 1.165) is 62.1 Å². The summed E-state index contributed by atoms with van der Waals surface area (Å²) in [5.41, 5.74) is 4.15. The van der Waals surface area contributed by atoms with Crippen molar-refractivity contribution >= 4 is 5.91 Å². The number of fused-ring (bicyclic) bond motifs is 1. The van der Waals surface area contributed by atoms with Gasteiger partial charge in [-0.15, -0.1) is 0 Å². The van der Waals surface area contributed by atoms with Crippen molar-refractivity contribution in [1.82, 2.24) is 15.1 Å². The minimum Gasteiger partial charge on any atom is -0.497 e. The first-order valence-corrected chi connectivity index (χ1v) is 9.79. The van der Waals surface area contributed by atoms with Crippen LogP contribution < -0.4 is 4.74 Å². The van der Waals surface area contributed by atoms with Crippen molar-refractivity contribution in [1.29, 1.82) is 0 Å². The molecule has 1 aliphatic heterocycles. The van der Waals surface area contributed by atoms with E-state index in [1.807, 2.05) is 12.1 Å². The van der Waals surface area contributed by atoms with Gasteiger partial charge < -0.3 is 9.64 Å². The Morgan fingerprint density at radius 1 is 1.12 bits per heavy atom. The first kappa shape index (κ1) is 17.1. The number of hydrogen-bond donors (Lipinski definition) is 1. The summed E-state index contributed by atoms with van der Waals surface area (Å²) in [5.74, 6) is 0.939. The van der Waals surface area contributed by atoms with Gasteiger partial charge in [0, 0.05) is 17.8 Å². The van der Waals surface area contributed by atoms with Crippen molar-refractivity contribution in [2.45, 2.75) is 57.4 Å².